The van der Waals surface area contributed by atoms with E-state index in [1.54, 1.807) is 11.2 Å². The highest BCUT2D eigenvalue weighted by Crippen LogP contribution is 2.41. The number of amides is 1. The quantitative estimate of drug-likeness (QED) is 0.441. The van der Waals surface area contributed by atoms with Crippen molar-refractivity contribution in [2.45, 2.75) is 39.3 Å². The highest BCUT2D eigenvalue weighted by Gasteiger charge is 2.36. The van der Waals surface area contributed by atoms with Crippen molar-refractivity contribution in [2.75, 3.05) is 31.1 Å². The molecule has 0 spiro atoms. The zero-order valence-electron chi connectivity index (χ0n) is 20.3. The fourth-order valence-corrected chi connectivity index (χ4v) is 5.08. The normalized spacial score (nSPS) is 17.8. The zero-order valence-corrected chi connectivity index (χ0v) is 20.3. The van der Waals surface area contributed by atoms with Crippen LogP contribution < -0.4 is 9.64 Å². The van der Waals surface area contributed by atoms with E-state index < -0.39 is 5.60 Å². The fraction of sp³-hybridized carbons (Fsp3) is 0.385. The van der Waals surface area contributed by atoms with Crippen molar-refractivity contribution < 1.29 is 14.3 Å². The van der Waals surface area contributed by atoms with E-state index in [0.29, 0.717) is 26.2 Å². The number of ether oxygens (including phenoxy) is 2. The number of carbonyl (C=O) groups is 1. The lowest BCUT2D eigenvalue weighted by Gasteiger charge is -2.41. The average molecular weight is 473 g/mol. The van der Waals surface area contributed by atoms with E-state index in [-0.39, 0.29) is 12.1 Å². The maximum atomic E-state index is 12.7. The first kappa shape index (κ1) is 21.6. The summed E-state index contributed by atoms with van der Waals surface area (Å²) in [6.45, 7) is 9.90. The summed E-state index contributed by atoms with van der Waals surface area (Å²) in [5.74, 6) is 1.60. The van der Waals surface area contributed by atoms with Crippen molar-refractivity contribution in [3.05, 3.63) is 42.4 Å². The maximum absolute atomic E-state index is 12.7. The third kappa shape index (κ3) is 3.71. The molecule has 2 aromatic carbocycles. The van der Waals surface area contributed by atoms with Gasteiger partial charge in [-0.1, -0.05) is 6.07 Å². The molecule has 0 saturated carbocycles. The van der Waals surface area contributed by atoms with E-state index in [1.807, 2.05) is 33.0 Å². The van der Waals surface area contributed by atoms with E-state index >= 15 is 0 Å². The van der Waals surface area contributed by atoms with Crippen LogP contribution >= 0.6 is 0 Å². The van der Waals surface area contributed by atoms with Crippen LogP contribution in [0.1, 0.15) is 26.3 Å². The summed E-state index contributed by atoms with van der Waals surface area (Å²) in [7, 11) is 0. The molecule has 0 aliphatic carbocycles. The lowest BCUT2D eigenvalue weighted by atomic mass is 9.95. The minimum absolute atomic E-state index is 0.0377. The Morgan fingerprint density at radius 1 is 1.20 bits per heavy atom. The van der Waals surface area contributed by atoms with Gasteiger partial charge in [0.15, 0.2) is 0 Å². The molecule has 4 heterocycles. The highest BCUT2D eigenvalue weighted by molar-refractivity contribution is 6.02. The second-order valence-corrected chi connectivity index (χ2v) is 10.2. The first-order valence-electron chi connectivity index (χ1n) is 11.9. The van der Waals surface area contributed by atoms with Gasteiger partial charge in [-0.15, -0.1) is 0 Å². The van der Waals surface area contributed by atoms with E-state index in [2.05, 4.69) is 50.2 Å². The Balaban J connectivity index is 1.39. The molecule has 180 valence electrons. The van der Waals surface area contributed by atoms with Gasteiger partial charge < -0.3 is 19.3 Å². The summed E-state index contributed by atoms with van der Waals surface area (Å²) in [5.41, 5.74) is 4.57. The molecule has 1 amide bonds. The van der Waals surface area contributed by atoms with Crippen molar-refractivity contribution >= 4 is 33.7 Å². The first-order valence-corrected chi connectivity index (χ1v) is 11.9. The summed E-state index contributed by atoms with van der Waals surface area (Å²) in [5, 5.41) is 9.26. The number of anilines is 1. The monoisotopic (exact) mass is 472 g/mol. The number of carbonyl (C=O) groups excluding carboxylic acids is 1. The van der Waals surface area contributed by atoms with Gasteiger partial charge in [-0.2, -0.15) is 5.10 Å². The molecule has 1 atom stereocenters. The number of aryl methyl sites for hydroxylation is 1. The number of fused-ring (bicyclic) bond motifs is 3. The van der Waals surface area contributed by atoms with Gasteiger partial charge in [-0.3, -0.25) is 5.10 Å². The molecule has 1 fully saturated rings. The number of aromatic amines is 1. The molecule has 1 N–H and O–H groups in total. The molecule has 9 nitrogen and oxygen atoms in total. The van der Waals surface area contributed by atoms with E-state index in [0.717, 1.165) is 50.1 Å². The van der Waals surface area contributed by atoms with Gasteiger partial charge in [0.2, 0.25) is 0 Å². The topological polar surface area (TPSA) is 96.5 Å². The second kappa shape index (κ2) is 7.83. The molecule has 2 aromatic heterocycles. The number of H-pyrrole nitrogens is 1. The van der Waals surface area contributed by atoms with E-state index in [9.17, 15) is 4.79 Å². The number of benzene rings is 2. The van der Waals surface area contributed by atoms with Crippen molar-refractivity contribution in [1.29, 1.82) is 0 Å². The third-order valence-corrected chi connectivity index (χ3v) is 6.64. The highest BCUT2D eigenvalue weighted by atomic mass is 16.6. The maximum Gasteiger partial charge on any atom is 0.410 e. The van der Waals surface area contributed by atoms with Crippen LogP contribution in [-0.2, 0) is 4.74 Å². The van der Waals surface area contributed by atoms with Crippen molar-refractivity contribution in [1.82, 2.24) is 25.1 Å². The molecule has 2 aliphatic heterocycles. The Hall–Kier alpha value is -3.88. The summed E-state index contributed by atoms with van der Waals surface area (Å²) < 4.78 is 12.0. The minimum Gasteiger partial charge on any atom is -0.490 e. The van der Waals surface area contributed by atoms with Crippen LogP contribution in [0.5, 0.6) is 5.75 Å². The lowest BCUT2D eigenvalue weighted by Crippen LogP contribution is -2.57. The Labute approximate surface area is 203 Å². The van der Waals surface area contributed by atoms with Gasteiger partial charge in [0.25, 0.3) is 0 Å². The number of piperazine rings is 1. The SMILES string of the molecule is Cc1ccc2[nH]ncc2c1-c1cc2c3c(ncnc3c1)N1CCN(C(=O)OC(C)(C)C)C[C@H]1CO2. The predicted octanol–water partition coefficient (Wildman–Crippen LogP) is 4.30. The Bertz CT molecular complexity index is 1460. The number of nitrogens with one attached hydrogen (secondary N) is 1. The summed E-state index contributed by atoms with van der Waals surface area (Å²) in [4.78, 5) is 26.0. The van der Waals surface area contributed by atoms with Crippen LogP contribution in [0.3, 0.4) is 0 Å². The van der Waals surface area contributed by atoms with Crippen LogP contribution in [0.15, 0.2) is 36.8 Å². The number of hydrogen-bond donors (Lipinski definition) is 1. The largest absolute Gasteiger partial charge is 0.490 e. The lowest BCUT2D eigenvalue weighted by molar-refractivity contribution is 0.0202. The number of aromatic nitrogens is 4. The fourth-order valence-electron chi connectivity index (χ4n) is 5.08. The van der Waals surface area contributed by atoms with Crippen molar-refractivity contribution in [3.8, 4) is 16.9 Å². The van der Waals surface area contributed by atoms with Crippen molar-refractivity contribution in [3.63, 3.8) is 0 Å². The van der Waals surface area contributed by atoms with Crippen molar-refractivity contribution in [2.24, 2.45) is 0 Å². The van der Waals surface area contributed by atoms with Crippen LogP contribution in [0.4, 0.5) is 10.6 Å². The third-order valence-electron chi connectivity index (χ3n) is 6.64. The summed E-state index contributed by atoms with van der Waals surface area (Å²) in [6, 6.07) is 8.27. The molecule has 1 saturated heterocycles. The first-order chi connectivity index (χ1) is 16.8. The second-order valence-electron chi connectivity index (χ2n) is 10.2. The van der Waals surface area contributed by atoms with Gasteiger partial charge in [-0.05, 0) is 62.6 Å². The Morgan fingerprint density at radius 2 is 2.06 bits per heavy atom. The molecule has 0 radical (unpaired) electrons. The van der Waals surface area contributed by atoms with Crippen LogP contribution in [0, 0.1) is 6.92 Å². The summed E-state index contributed by atoms with van der Waals surface area (Å²) in [6.07, 6.45) is 3.18. The number of hydrogen-bond acceptors (Lipinski definition) is 7. The van der Waals surface area contributed by atoms with Gasteiger partial charge in [0.1, 0.15) is 30.1 Å². The van der Waals surface area contributed by atoms with E-state index in [4.69, 9.17) is 9.47 Å². The molecular formula is C26H28N6O3. The zero-order chi connectivity index (χ0) is 24.3. The van der Waals surface area contributed by atoms with Crippen LogP contribution in [0.25, 0.3) is 32.9 Å². The van der Waals surface area contributed by atoms with Gasteiger partial charge in [0.05, 0.1) is 28.7 Å². The molecule has 35 heavy (non-hydrogen) atoms. The molecule has 0 unspecified atom stereocenters. The minimum atomic E-state index is -0.532. The van der Waals surface area contributed by atoms with Crippen LogP contribution in [-0.4, -0.2) is 69.0 Å². The Morgan fingerprint density at radius 3 is 2.89 bits per heavy atom. The number of nitrogens with zero attached hydrogens (tertiary/aromatic N) is 5. The summed E-state index contributed by atoms with van der Waals surface area (Å²) >= 11 is 0. The average Bonchev–Trinajstić information content (AvgIpc) is 3.23. The molecule has 6 rings (SSSR count). The molecule has 4 aromatic rings. The molecule has 0 bridgehead atoms. The van der Waals surface area contributed by atoms with Gasteiger partial charge in [0, 0.05) is 25.0 Å². The molecule has 9 heteroatoms. The molecular weight excluding hydrogens is 444 g/mol. The standard InChI is InChI=1S/C26H28N6O3/c1-15-5-6-19-18(11-29-30-19)22(15)16-9-20-23-21(10-16)34-13-17-12-31(25(33)35-26(2,3)4)7-8-32(17)24(23)28-14-27-20/h5-6,9-11,14,17H,7-8,12-13H2,1-4H3,(H,29,30)/t17-/m0/s1. The van der Waals surface area contributed by atoms with Crippen LogP contribution in [0.2, 0.25) is 0 Å². The van der Waals surface area contributed by atoms with Gasteiger partial charge in [-0.25, -0.2) is 14.8 Å². The van der Waals surface area contributed by atoms with E-state index in [1.165, 1.54) is 0 Å². The molecule has 2 aliphatic rings. The smallest absolute Gasteiger partial charge is 0.410 e. The predicted molar refractivity (Wildman–Crippen MR) is 134 cm³/mol. The van der Waals surface area contributed by atoms with Gasteiger partial charge >= 0.3 is 6.09 Å². The number of rotatable bonds is 1. The Kier molecular flexibility index (Phi) is 4.84.